The highest BCUT2D eigenvalue weighted by molar-refractivity contribution is 5.74. The number of amides is 2. The number of aliphatic hydroxyl groups is 1. The zero-order chi connectivity index (χ0) is 14.3. The molecule has 1 atom stereocenters. The quantitative estimate of drug-likeness (QED) is 0.676. The van der Waals surface area contributed by atoms with Crippen molar-refractivity contribution < 1.29 is 19.7 Å². The van der Waals surface area contributed by atoms with Crippen molar-refractivity contribution in [2.24, 2.45) is 0 Å². The van der Waals surface area contributed by atoms with Crippen LogP contribution >= 0.6 is 0 Å². The van der Waals surface area contributed by atoms with Crippen molar-refractivity contribution in [3.63, 3.8) is 0 Å². The summed E-state index contributed by atoms with van der Waals surface area (Å²) in [5.74, 6) is 0.708. The summed E-state index contributed by atoms with van der Waals surface area (Å²) >= 11 is 0. The molecular formula is C13H20N2O4. The first-order valence-electron chi connectivity index (χ1n) is 6.18. The Morgan fingerprint density at radius 1 is 1.42 bits per heavy atom. The van der Waals surface area contributed by atoms with E-state index >= 15 is 0 Å². The highest BCUT2D eigenvalue weighted by atomic mass is 16.5. The van der Waals surface area contributed by atoms with Gasteiger partial charge in [0.2, 0.25) is 0 Å². The number of ether oxygens (including phenoxy) is 1. The Morgan fingerprint density at radius 2 is 2.05 bits per heavy atom. The molecule has 1 rings (SSSR count). The molecule has 3 N–H and O–H groups in total. The Hall–Kier alpha value is -1.95. The number of aliphatic hydroxyl groups excluding tert-OH is 1. The molecule has 1 aromatic rings. The van der Waals surface area contributed by atoms with Crippen molar-refractivity contribution in [2.75, 3.05) is 19.7 Å². The van der Waals surface area contributed by atoms with E-state index in [0.29, 0.717) is 12.3 Å². The first-order valence-corrected chi connectivity index (χ1v) is 6.18. The zero-order valence-electron chi connectivity index (χ0n) is 11.2. The van der Waals surface area contributed by atoms with Crippen LogP contribution < -0.4 is 10.1 Å². The van der Waals surface area contributed by atoms with E-state index in [0.717, 1.165) is 0 Å². The number of phenolic OH excluding ortho intramolecular Hbond substituents is 1. The fraction of sp³-hybridized carbons (Fsp3) is 0.462. The van der Waals surface area contributed by atoms with Crippen LogP contribution in [0.15, 0.2) is 24.3 Å². The van der Waals surface area contributed by atoms with Crippen molar-refractivity contribution in [2.45, 2.75) is 20.1 Å². The summed E-state index contributed by atoms with van der Waals surface area (Å²) < 4.78 is 5.48. The maximum absolute atomic E-state index is 11.8. The lowest BCUT2D eigenvalue weighted by atomic mass is 10.3. The van der Waals surface area contributed by atoms with E-state index in [1.807, 2.05) is 6.92 Å². The van der Waals surface area contributed by atoms with E-state index in [9.17, 15) is 4.79 Å². The molecule has 2 amide bonds. The van der Waals surface area contributed by atoms with Crippen LogP contribution in [0.3, 0.4) is 0 Å². The smallest absolute Gasteiger partial charge is 0.320 e. The summed E-state index contributed by atoms with van der Waals surface area (Å²) in [4.78, 5) is 13.3. The number of phenols is 1. The summed E-state index contributed by atoms with van der Waals surface area (Å²) in [5.41, 5.74) is 0. The van der Waals surface area contributed by atoms with Crippen LogP contribution in [0.4, 0.5) is 4.79 Å². The first-order chi connectivity index (χ1) is 9.06. The maximum atomic E-state index is 11.8. The molecule has 0 saturated carbocycles. The lowest BCUT2D eigenvalue weighted by molar-refractivity contribution is 0.145. The van der Waals surface area contributed by atoms with E-state index in [4.69, 9.17) is 14.9 Å². The molecule has 1 aromatic carbocycles. The Labute approximate surface area is 112 Å². The predicted octanol–water partition coefficient (Wildman–Crippen LogP) is 1.14. The summed E-state index contributed by atoms with van der Waals surface area (Å²) in [6, 6.07) is 5.96. The van der Waals surface area contributed by atoms with Crippen molar-refractivity contribution in [3.8, 4) is 11.5 Å². The Bertz CT molecular complexity index is 394. The molecule has 0 fully saturated rings. The molecule has 6 heteroatoms. The Balaban J connectivity index is 2.47. The molecular weight excluding hydrogens is 248 g/mol. The van der Waals surface area contributed by atoms with Gasteiger partial charge in [-0.05, 0) is 38.1 Å². The van der Waals surface area contributed by atoms with Crippen molar-refractivity contribution in [1.82, 2.24) is 10.2 Å². The minimum absolute atomic E-state index is 0.0749. The summed E-state index contributed by atoms with van der Waals surface area (Å²) in [6.07, 6.45) is -0.509. The molecule has 19 heavy (non-hydrogen) atoms. The third-order valence-electron chi connectivity index (χ3n) is 2.52. The van der Waals surface area contributed by atoms with Gasteiger partial charge in [-0.15, -0.1) is 0 Å². The second kappa shape index (κ2) is 7.48. The van der Waals surface area contributed by atoms with Gasteiger partial charge in [-0.2, -0.15) is 0 Å². The number of nitrogens with zero attached hydrogens (tertiary/aromatic N) is 1. The number of urea groups is 1. The third-order valence-corrected chi connectivity index (χ3v) is 2.52. The number of nitrogens with one attached hydrogen (secondary N) is 1. The second-order valence-corrected chi connectivity index (χ2v) is 4.01. The second-order valence-electron chi connectivity index (χ2n) is 4.01. The van der Waals surface area contributed by atoms with Crippen molar-refractivity contribution >= 4 is 6.03 Å². The molecule has 0 aliphatic rings. The molecule has 1 unspecified atom stereocenters. The molecule has 106 valence electrons. The molecule has 0 heterocycles. The van der Waals surface area contributed by atoms with E-state index < -0.39 is 6.23 Å². The fourth-order valence-corrected chi connectivity index (χ4v) is 1.55. The lowest BCUT2D eigenvalue weighted by Gasteiger charge is -2.23. The van der Waals surface area contributed by atoms with Crippen LogP contribution in [-0.4, -0.2) is 47.1 Å². The van der Waals surface area contributed by atoms with E-state index in [2.05, 4.69) is 5.32 Å². The summed E-state index contributed by atoms with van der Waals surface area (Å²) in [6.45, 7) is 4.26. The predicted molar refractivity (Wildman–Crippen MR) is 71.1 cm³/mol. The van der Waals surface area contributed by atoms with Gasteiger partial charge in [-0.25, -0.2) is 4.79 Å². The largest absolute Gasteiger partial charge is 0.508 e. The van der Waals surface area contributed by atoms with E-state index in [1.165, 1.54) is 17.0 Å². The van der Waals surface area contributed by atoms with Gasteiger partial charge in [0.05, 0.1) is 6.61 Å². The van der Waals surface area contributed by atoms with Gasteiger partial charge in [0.1, 0.15) is 11.5 Å². The van der Waals surface area contributed by atoms with Crippen LogP contribution in [-0.2, 0) is 0 Å². The average Bonchev–Trinajstić information content (AvgIpc) is 2.38. The van der Waals surface area contributed by atoms with Gasteiger partial charge < -0.3 is 25.2 Å². The van der Waals surface area contributed by atoms with Gasteiger partial charge in [-0.3, -0.25) is 0 Å². The number of carbonyl (C=O) groups is 1. The number of hydrogen-bond acceptors (Lipinski definition) is 4. The molecule has 0 aliphatic heterocycles. The third kappa shape index (κ3) is 5.05. The molecule has 0 radical (unpaired) electrons. The maximum Gasteiger partial charge on any atom is 0.320 e. The number of likely N-dealkylation sites (N-methyl/N-ethyl adjacent to an activating group) is 1. The van der Waals surface area contributed by atoms with Gasteiger partial charge in [0, 0.05) is 13.1 Å². The molecule has 0 bridgehead atoms. The van der Waals surface area contributed by atoms with Gasteiger partial charge in [0.25, 0.3) is 0 Å². The van der Waals surface area contributed by atoms with Crippen molar-refractivity contribution in [1.29, 1.82) is 0 Å². The van der Waals surface area contributed by atoms with E-state index in [-0.39, 0.29) is 24.9 Å². The fourth-order valence-electron chi connectivity index (χ4n) is 1.55. The van der Waals surface area contributed by atoms with Crippen LogP contribution in [0.2, 0.25) is 0 Å². The van der Waals surface area contributed by atoms with Gasteiger partial charge in [-0.1, -0.05) is 0 Å². The van der Waals surface area contributed by atoms with Crippen molar-refractivity contribution in [3.05, 3.63) is 24.3 Å². The SMILES string of the molecule is CCN(CCO)C(=O)NC(C)Oc1ccc(O)cc1. The van der Waals surface area contributed by atoms with Crippen LogP contribution in [0.25, 0.3) is 0 Å². The monoisotopic (exact) mass is 268 g/mol. The van der Waals surface area contributed by atoms with Crippen LogP contribution in [0.5, 0.6) is 11.5 Å². The normalized spacial score (nSPS) is 11.7. The summed E-state index contributed by atoms with van der Waals surface area (Å²) in [7, 11) is 0. The number of aromatic hydroxyl groups is 1. The number of rotatable bonds is 6. The van der Waals surface area contributed by atoms with Crippen LogP contribution in [0, 0.1) is 0 Å². The molecule has 0 aliphatic carbocycles. The number of carbonyl (C=O) groups excluding carboxylic acids is 1. The van der Waals surface area contributed by atoms with Gasteiger partial charge >= 0.3 is 6.03 Å². The minimum Gasteiger partial charge on any atom is -0.508 e. The molecule has 0 saturated heterocycles. The minimum atomic E-state index is -0.509. The topological polar surface area (TPSA) is 82.0 Å². The molecule has 0 aromatic heterocycles. The average molecular weight is 268 g/mol. The summed E-state index contributed by atoms with van der Waals surface area (Å²) in [5, 5.41) is 20.6. The standard InChI is InChI=1S/C13H20N2O4/c1-3-15(8-9-16)13(18)14-10(2)19-12-6-4-11(17)5-7-12/h4-7,10,16-17H,3,8-9H2,1-2H3,(H,14,18). The Kier molecular flexibility index (Phi) is 5.95. The zero-order valence-corrected chi connectivity index (χ0v) is 11.2. The highest BCUT2D eigenvalue weighted by Crippen LogP contribution is 2.16. The first kappa shape index (κ1) is 15.1. The Morgan fingerprint density at radius 3 is 2.58 bits per heavy atom. The lowest BCUT2D eigenvalue weighted by Crippen LogP contribution is -2.46. The van der Waals surface area contributed by atoms with E-state index in [1.54, 1.807) is 19.1 Å². The van der Waals surface area contributed by atoms with Crippen LogP contribution in [0.1, 0.15) is 13.8 Å². The van der Waals surface area contributed by atoms with Gasteiger partial charge in [0.15, 0.2) is 6.23 Å². The molecule has 0 spiro atoms. The highest BCUT2D eigenvalue weighted by Gasteiger charge is 2.14. The number of hydrogen-bond donors (Lipinski definition) is 3. The number of benzene rings is 1. The molecule has 6 nitrogen and oxygen atoms in total.